The van der Waals surface area contributed by atoms with Crippen LogP contribution >= 0.6 is 0 Å². The third-order valence-electron chi connectivity index (χ3n) is 2.45. The molecule has 1 aromatic rings. The minimum absolute atomic E-state index is 0.155. The van der Waals surface area contributed by atoms with Gasteiger partial charge in [-0.15, -0.1) is 0 Å². The number of amides is 3. The Balaban J connectivity index is 2.33. The van der Waals surface area contributed by atoms with E-state index in [1.807, 2.05) is 6.07 Å². The lowest BCUT2D eigenvalue weighted by atomic mass is 10.3. The fourth-order valence-corrected chi connectivity index (χ4v) is 1.33. The summed E-state index contributed by atoms with van der Waals surface area (Å²) in [5, 5.41) is 4.99. The van der Waals surface area contributed by atoms with Crippen molar-refractivity contribution in [3.63, 3.8) is 0 Å². The Kier molecular flexibility index (Phi) is 6.02. The molecule has 0 saturated carbocycles. The summed E-state index contributed by atoms with van der Waals surface area (Å²) >= 11 is 0. The van der Waals surface area contributed by atoms with Gasteiger partial charge in [-0.05, 0) is 12.1 Å². The van der Waals surface area contributed by atoms with E-state index in [2.05, 4.69) is 15.4 Å². The SMILES string of the molecule is COC(=O)CN(C)C(=O)CNC(=O)Nc1ccccc1. The van der Waals surface area contributed by atoms with Gasteiger partial charge in [-0.25, -0.2) is 4.79 Å². The topological polar surface area (TPSA) is 87.7 Å². The van der Waals surface area contributed by atoms with Gasteiger partial charge in [0.15, 0.2) is 0 Å². The molecule has 7 heteroatoms. The van der Waals surface area contributed by atoms with Crippen LogP contribution in [0, 0.1) is 0 Å². The van der Waals surface area contributed by atoms with Gasteiger partial charge in [0, 0.05) is 12.7 Å². The van der Waals surface area contributed by atoms with Crippen molar-refractivity contribution >= 4 is 23.6 Å². The summed E-state index contributed by atoms with van der Waals surface area (Å²) in [4.78, 5) is 35.3. The van der Waals surface area contributed by atoms with Crippen LogP contribution in [0.3, 0.4) is 0 Å². The van der Waals surface area contributed by atoms with E-state index in [-0.39, 0.29) is 13.1 Å². The Labute approximate surface area is 116 Å². The molecular weight excluding hydrogens is 262 g/mol. The highest BCUT2D eigenvalue weighted by Gasteiger charge is 2.13. The number of hydrogen-bond acceptors (Lipinski definition) is 4. The van der Waals surface area contributed by atoms with Crippen LogP contribution in [-0.2, 0) is 14.3 Å². The summed E-state index contributed by atoms with van der Waals surface area (Å²) in [6.07, 6.45) is 0. The maximum Gasteiger partial charge on any atom is 0.325 e. The molecule has 0 fully saturated rings. The van der Waals surface area contributed by atoms with Gasteiger partial charge < -0.3 is 20.3 Å². The third-order valence-corrected chi connectivity index (χ3v) is 2.45. The molecule has 0 aliphatic heterocycles. The number of hydrogen-bond donors (Lipinski definition) is 2. The van der Waals surface area contributed by atoms with E-state index in [1.54, 1.807) is 24.3 Å². The molecule has 2 N–H and O–H groups in total. The van der Waals surface area contributed by atoms with Crippen molar-refractivity contribution in [1.82, 2.24) is 10.2 Å². The lowest BCUT2D eigenvalue weighted by molar-refractivity contribution is -0.145. The number of para-hydroxylation sites is 1. The molecule has 0 radical (unpaired) electrons. The second kappa shape index (κ2) is 7.78. The molecule has 0 aliphatic rings. The molecule has 0 heterocycles. The third kappa shape index (κ3) is 5.38. The minimum atomic E-state index is -0.519. The molecule has 0 saturated heterocycles. The Morgan fingerprint density at radius 3 is 2.45 bits per heavy atom. The van der Waals surface area contributed by atoms with E-state index in [4.69, 9.17) is 0 Å². The molecule has 7 nitrogen and oxygen atoms in total. The quantitative estimate of drug-likeness (QED) is 0.766. The number of ether oxygens (including phenoxy) is 1. The van der Waals surface area contributed by atoms with Crippen molar-refractivity contribution in [2.45, 2.75) is 0 Å². The van der Waals surface area contributed by atoms with E-state index in [0.717, 1.165) is 0 Å². The predicted molar refractivity (Wildman–Crippen MR) is 73.1 cm³/mol. The maximum atomic E-state index is 11.6. The predicted octanol–water partition coefficient (Wildman–Crippen LogP) is 0.440. The maximum absolute atomic E-state index is 11.6. The van der Waals surface area contributed by atoms with Gasteiger partial charge in [-0.3, -0.25) is 9.59 Å². The molecule has 108 valence electrons. The molecule has 0 aromatic heterocycles. The molecule has 0 bridgehead atoms. The van der Waals surface area contributed by atoms with Crippen LogP contribution in [-0.4, -0.2) is 50.1 Å². The molecule has 0 spiro atoms. The van der Waals surface area contributed by atoms with Crippen LogP contribution in [0.1, 0.15) is 0 Å². The molecule has 0 unspecified atom stereocenters. The molecule has 0 atom stereocenters. The lowest BCUT2D eigenvalue weighted by Gasteiger charge is -2.16. The van der Waals surface area contributed by atoms with Gasteiger partial charge in [0.1, 0.15) is 6.54 Å². The zero-order chi connectivity index (χ0) is 15.0. The second-order valence-electron chi connectivity index (χ2n) is 4.00. The van der Waals surface area contributed by atoms with Gasteiger partial charge in [-0.1, -0.05) is 18.2 Å². The molecule has 20 heavy (non-hydrogen) atoms. The summed E-state index contributed by atoms with van der Waals surface area (Å²) in [7, 11) is 2.70. The van der Waals surface area contributed by atoms with E-state index in [0.29, 0.717) is 5.69 Å². The summed E-state index contributed by atoms with van der Waals surface area (Å²) in [6.45, 7) is -0.358. The fraction of sp³-hybridized carbons (Fsp3) is 0.308. The van der Waals surface area contributed by atoms with Crippen molar-refractivity contribution in [3.8, 4) is 0 Å². The Bertz CT molecular complexity index is 476. The zero-order valence-corrected chi connectivity index (χ0v) is 11.4. The summed E-state index contributed by atoms with van der Waals surface area (Å²) in [5.41, 5.74) is 0.625. The first kappa shape index (κ1) is 15.5. The highest BCUT2D eigenvalue weighted by molar-refractivity contribution is 5.92. The Morgan fingerprint density at radius 2 is 1.85 bits per heavy atom. The Morgan fingerprint density at radius 1 is 1.20 bits per heavy atom. The Hall–Kier alpha value is -2.57. The lowest BCUT2D eigenvalue weighted by Crippen LogP contribution is -2.41. The number of anilines is 1. The minimum Gasteiger partial charge on any atom is -0.468 e. The van der Waals surface area contributed by atoms with Crippen LogP contribution in [0.15, 0.2) is 30.3 Å². The summed E-state index contributed by atoms with van der Waals surface area (Å²) < 4.78 is 4.44. The highest BCUT2D eigenvalue weighted by atomic mass is 16.5. The second-order valence-corrected chi connectivity index (χ2v) is 4.00. The van der Waals surface area contributed by atoms with Crippen molar-refractivity contribution < 1.29 is 19.1 Å². The van der Waals surface area contributed by atoms with Crippen LogP contribution in [0.2, 0.25) is 0 Å². The average molecular weight is 279 g/mol. The first-order valence-corrected chi connectivity index (χ1v) is 5.93. The largest absolute Gasteiger partial charge is 0.468 e. The molecule has 0 aliphatic carbocycles. The molecule has 1 aromatic carbocycles. The van der Waals surface area contributed by atoms with Gasteiger partial charge >= 0.3 is 12.0 Å². The number of likely N-dealkylation sites (N-methyl/N-ethyl adjacent to an activating group) is 1. The number of urea groups is 1. The van der Waals surface area contributed by atoms with E-state index >= 15 is 0 Å². The number of nitrogens with zero attached hydrogens (tertiary/aromatic N) is 1. The van der Waals surface area contributed by atoms with Gasteiger partial charge in [0.25, 0.3) is 0 Å². The molecule has 1 rings (SSSR count). The van der Waals surface area contributed by atoms with Gasteiger partial charge in [-0.2, -0.15) is 0 Å². The first-order chi connectivity index (χ1) is 9.52. The fourth-order valence-electron chi connectivity index (χ4n) is 1.33. The standard InChI is InChI=1S/C13H17N3O4/c1-16(9-12(18)20-2)11(17)8-14-13(19)15-10-6-4-3-5-7-10/h3-7H,8-9H2,1-2H3,(H2,14,15,19). The number of carbonyl (C=O) groups excluding carboxylic acids is 3. The number of methoxy groups -OCH3 is 1. The van der Waals surface area contributed by atoms with E-state index < -0.39 is 17.9 Å². The normalized spacial score (nSPS) is 9.50. The van der Waals surface area contributed by atoms with Crippen molar-refractivity contribution in [2.24, 2.45) is 0 Å². The van der Waals surface area contributed by atoms with E-state index in [9.17, 15) is 14.4 Å². The van der Waals surface area contributed by atoms with Crippen LogP contribution in [0.5, 0.6) is 0 Å². The number of esters is 1. The smallest absolute Gasteiger partial charge is 0.325 e. The monoisotopic (exact) mass is 279 g/mol. The van der Waals surface area contributed by atoms with Crippen LogP contribution < -0.4 is 10.6 Å². The van der Waals surface area contributed by atoms with Gasteiger partial charge in [0.2, 0.25) is 5.91 Å². The number of benzene rings is 1. The molecular formula is C13H17N3O4. The van der Waals surface area contributed by atoms with Crippen molar-refractivity contribution in [3.05, 3.63) is 30.3 Å². The molecule has 3 amide bonds. The van der Waals surface area contributed by atoms with Crippen molar-refractivity contribution in [2.75, 3.05) is 32.6 Å². The van der Waals surface area contributed by atoms with Gasteiger partial charge in [0.05, 0.1) is 13.7 Å². The highest BCUT2D eigenvalue weighted by Crippen LogP contribution is 2.03. The number of nitrogens with one attached hydrogen (secondary N) is 2. The zero-order valence-electron chi connectivity index (χ0n) is 11.4. The van der Waals surface area contributed by atoms with E-state index in [1.165, 1.54) is 19.1 Å². The van der Waals surface area contributed by atoms with Crippen molar-refractivity contribution in [1.29, 1.82) is 0 Å². The number of rotatable bonds is 5. The van der Waals surface area contributed by atoms with Crippen LogP contribution in [0.25, 0.3) is 0 Å². The first-order valence-electron chi connectivity index (χ1n) is 5.93. The van der Waals surface area contributed by atoms with Crippen LogP contribution in [0.4, 0.5) is 10.5 Å². The average Bonchev–Trinajstić information content (AvgIpc) is 2.45. The summed E-state index contributed by atoms with van der Waals surface area (Å²) in [6, 6.07) is 8.36. The summed E-state index contributed by atoms with van der Waals surface area (Å²) in [5.74, 6) is -0.909. The number of carbonyl (C=O) groups is 3.